The van der Waals surface area contributed by atoms with Crippen molar-refractivity contribution in [1.82, 2.24) is 10.2 Å². The van der Waals surface area contributed by atoms with E-state index in [0.29, 0.717) is 16.6 Å². The van der Waals surface area contributed by atoms with Crippen molar-refractivity contribution in [3.63, 3.8) is 0 Å². The van der Waals surface area contributed by atoms with Gasteiger partial charge in [0.15, 0.2) is 0 Å². The molecule has 1 atom stereocenters. The van der Waals surface area contributed by atoms with E-state index in [1.807, 2.05) is 54.2 Å². The lowest BCUT2D eigenvalue weighted by Crippen LogP contribution is -2.43. The van der Waals surface area contributed by atoms with Gasteiger partial charge in [-0.2, -0.15) is 11.8 Å². The Hall–Kier alpha value is -0.910. The summed E-state index contributed by atoms with van der Waals surface area (Å²) in [4.78, 5) is 14.9. The third-order valence-corrected chi connectivity index (χ3v) is 7.02. The number of halogens is 3. The number of nitrogens with one attached hydrogen (secondary N) is 1. The van der Waals surface area contributed by atoms with E-state index in [9.17, 15) is 4.79 Å². The highest BCUT2D eigenvalue weighted by atomic mass is 35.5. The molecule has 0 radical (unpaired) electrons. The van der Waals surface area contributed by atoms with Crippen LogP contribution in [0, 0.1) is 5.92 Å². The number of carbonyl (C=O) groups excluding carboxylic acids is 1. The smallest absolute Gasteiger partial charge is 0.224 e. The maximum Gasteiger partial charge on any atom is 0.224 e. The van der Waals surface area contributed by atoms with Crippen LogP contribution in [0.4, 0.5) is 0 Å². The summed E-state index contributed by atoms with van der Waals surface area (Å²) in [5.74, 6) is 2.03. The molecule has 1 amide bonds. The molecule has 29 heavy (non-hydrogen) atoms. The zero-order chi connectivity index (χ0) is 20.6. The zero-order valence-electron chi connectivity index (χ0n) is 16.2. The maximum atomic E-state index is 12.6. The fraction of sp³-hybridized carbons (Fsp3) is 0.409. The Morgan fingerprint density at radius 2 is 1.83 bits per heavy atom. The number of piperidine rings is 1. The number of hydrogen-bond acceptors (Lipinski definition) is 3. The van der Waals surface area contributed by atoms with E-state index in [-0.39, 0.29) is 11.8 Å². The van der Waals surface area contributed by atoms with E-state index in [4.69, 9.17) is 34.8 Å². The minimum atomic E-state index is 0.0489. The van der Waals surface area contributed by atoms with E-state index in [0.717, 1.165) is 54.6 Å². The molecule has 2 aromatic rings. The Morgan fingerprint density at radius 3 is 2.59 bits per heavy atom. The van der Waals surface area contributed by atoms with Crippen molar-refractivity contribution in [3.05, 3.63) is 68.7 Å². The molecular weight excluding hydrogens is 447 g/mol. The molecule has 156 valence electrons. The highest BCUT2D eigenvalue weighted by molar-refractivity contribution is 7.98. The predicted molar refractivity (Wildman–Crippen MR) is 125 cm³/mol. The third kappa shape index (κ3) is 7.37. The molecule has 1 fully saturated rings. The van der Waals surface area contributed by atoms with Crippen LogP contribution in [0.5, 0.6) is 0 Å². The number of thioether (sulfide) groups is 1. The van der Waals surface area contributed by atoms with Gasteiger partial charge >= 0.3 is 0 Å². The molecule has 3 rings (SSSR count). The number of benzene rings is 2. The average molecular weight is 472 g/mol. The van der Waals surface area contributed by atoms with Gasteiger partial charge in [0.05, 0.1) is 16.0 Å². The summed E-state index contributed by atoms with van der Waals surface area (Å²) < 4.78 is 0. The van der Waals surface area contributed by atoms with Gasteiger partial charge in [-0.05, 0) is 54.8 Å². The summed E-state index contributed by atoms with van der Waals surface area (Å²) in [5.41, 5.74) is 2.37. The van der Waals surface area contributed by atoms with Crippen LogP contribution in [0.15, 0.2) is 42.5 Å². The van der Waals surface area contributed by atoms with E-state index in [2.05, 4.69) is 10.2 Å². The first-order valence-corrected chi connectivity index (χ1v) is 12.1. The predicted octanol–water partition coefficient (Wildman–Crippen LogP) is 5.91. The van der Waals surface area contributed by atoms with Crippen molar-refractivity contribution in [2.45, 2.75) is 25.1 Å². The fourth-order valence-electron chi connectivity index (χ4n) is 3.47. The van der Waals surface area contributed by atoms with Gasteiger partial charge in [0.1, 0.15) is 0 Å². The van der Waals surface area contributed by atoms with Crippen LogP contribution >= 0.6 is 46.6 Å². The number of hydrogen-bond donors (Lipinski definition) is 1. The van der Waals surface area contributed by atoms with Crippen LogP contribution in [0.2, 0.25) is 15.1 Å². The summed E-state index contributed by atoms with van der Waals surface area (Å²) >= 11 is 19.8. The summed E-state index contributed by atoms with van der Waals surface area (Å²) in [6.07, 6.45) is 1.98. The zero-order valence-corrected chi connectivity index (χ0v) is 19.3. The van der Waals surface area contributed by atoms with E-state index in [1.165, 1.54) is 5.56 Å². The summed E-state index contributed by atoms with van der Waals surface area (Å²) in [5, 5.41) is 5.00. The molecule has 0 aliphatic carbocycles. The Morgan fingerprint density at radius 1 is 1.07 bits per heavy atom. The fourth-order valence-corrected chi connectivity index (χ4v) is 4.74. The molecule has 0 bridgehead atoms. The number of nitrogens with zero attached hydrogens (tertiary/aromatic N) is 1. The molecule has 0 spiro atoms. The lowest BCUT2D eigenvalue weighted by molar-refractivity contribution is -0.126. The average Bonchev–Trinajstić information content (AvgIpc) is 2.72. The second kappa shape index (κ2) is 11.5. The molecule has 7 heteroatoms. The first kappa shape index (κ1) is 22.8. The van der Waals surface area contributed by atoms with Gasteiger partial charge in [-0.15, -0.1) is 0 Å². The second-order valence-corrected chi connectivity index (χ2v) is 9.65. The topological polar surface area (TPSA) is 32.3 Å². The summed E-state index contributed by atoms with van der Waals surface area (Å²) in [6, 6.07) is 13.6. The van der Waals surface area contributed by atoms with Gasteiger partial charge < -0.3 is 5.32 Å². The third-order valence-electron chi connectivity index (χ3n) is 4.99. The quantitative estimate of drug-likeness (QED) is 0.486. The molecule has 0 saturated carbocycles. The van der Waals surface area contributed by atoms with Crippen molar-refractivity contribution in [3.8, 4) is 0 Å². The minimum Gasteiger partial charge on any atom is -0.355 e. The van der Waals surface area contributed by atoms with Gasteiger partial charge in [-0.1, -0.05) is 53.0 Å². The maximum absolute atomic E-state index is 12.6. The van der Waals surface area contributed by atoms with Crippen LogP contribution in [0.25, 0.3) is 0 Å². The number of amides is 1. The van der Waals surface area contributed by atoms with Crippen molar-refractivity contribution in [2.24, 2.45) is 5.92 Å². The van der Waals surface area contributed by atoms with Gasteiger partial charge in [0.2, 0.25) is 5.91 Å². The minimum absolute atomic E-state index is 0.0489. The number of likely N-dealkylation sites (tertiary alicyclic amines) is 1. The van der Waals surface area contributed by atoms with Crippen molar-refractivity contribution >= 4 is 52.5 Å². The molecule has 1 aliphatic heterocycles. The molecule has 1 N–H and O–H groups in total. The molecule has 2 aromatic carbocycles. The molecule has 1 aliphatic rings. The molecule has 1 saturated heterocycles. The standard InChI is InChI=1S/C22H25Cl3N2OS/c23-19-6-3-16(4-7-19)15-29-11-9-26-22(28)18-2-1-10-27(14-18)13-17-5-8-20(24)21(25)12-17/h3-8,12,18H,1-2,9-11,13-15H2,(H,26,28). The first-order chi connectivity index (χ1) is 14.0. The molecule has 3 nitrogen and oxygen atoms in total. The van der Waals surface area contributed by atoms with Crippen molar-refractivity contribution < 1.29 is 4.79 Å². The lowest BCUT2D eigenvalue weighted by atomic mass is 9.96. The largest absolute Gasteiger partial charge is 0.355 e. The van der Waals surface area contributed by atoms with E-state index < -0.39 is 0 Å². The Bertz CT molecular complexity index is 816. The van der Waals surface area contributed by atoms with Crippen LogP contribution in [0.3, 0.4) is 0 Å². The van der Waals surface area contributed by atoms with Gasteiger partial charge in [-0.3, -0.25) is 9.69 Å². The van der Waals surface area contributed by atoms with Crippen LogP contribution in [0.1, 0.15) is 24.0 Å². The summed E-state index contributed by atoms with van der Waals surface area (Å²) in [7, 11) is 0. The van der Waals surface area contributed by atoms with Crippen molar-refractivity contribution in [2.75, 3.05) is 25.4 Å². The van der Waals surface area contributed by atoms with Gasteiger partial charge in [0.25, 0.3) is 0 Å². The Labute approximate surface area is 192 Å². The van der Waals surface area contributed by atoms with Gasteiger partial charge in [-0.25, -0.2) is 0 Å². The molecular formula is C22H25Cl3N2OS. The molecule has 0 aromatic heterocycles. The van der Waals surface area contributed by atoms with Gasteiger partial charge in [0, 0.05) is 36.2 Å². The van der Waals surface area contributed by atoms with Crippen LogP contribution in [-0.2, 0) is 17.1 Å². The monoisotopic (exact) mass is 470 g/mol. The number of rotatable bonds is 8. The number of carbonyl (C=O) groups is 1. The van der Waals surface area contributed by atoms with Crippen molar-refractivity contribution in [1.29, 1.82) is 0 Å². The van der Waals surface area contributed by atoms with E-state index >= 15 is 0 Å². The Kier molecular flexibility index (Phi) is 9.01. The first-order valence-electron chi connectivity index (χ1n) is 9.77. The van der Waals surface area contributed by atoms with Crippen LogP contribution < -0.4 is 5.32 Å². The highest BCUT2D eigenvalue weighted by Gasteiger charge is 2.25. The van der Waals surface area contributed by atoms with Crippen LogP contribution in [-0.4, -0.2) is 36.2 Å². The summed E-state index contributed by atoms with van der Waals surface area (Å²) in [6.45, 7) is 3.27. The van der Waals surface area contributed by atoms with E-state index in [1.54, 1.807) is 0 Å². The SMILES string of the molecule is O=C(NCCSCc1ccc(Cl)cc1)C1CCCN(Cc2ccc(Cl)c(Cl)c2)C1. The Balaban J connectivity index is 1.37. The highest BCUT2D eigenvalue weighted by Crippen LogP contribution is 2.25. The lowest BCUT2D eigenvalue weighted by Gasteiger charge is -2.32. The second-order valence-electron chi connectivity index (χ2n) is 7.29. The normalized spacial score (nSPS) is 17.3. The molecule has 1 unspecified atom stereocenters. The molecule has 1 heterocycles.